The van der Waals surface area contributed by atoms with E-state index >= 15 is 0 Å². The van der Waals surface area contributed by atoms with Gasteiger partial charge in [0.2, 0.25) is 5.82 Å². The van der Waals surface area contributed by atoms with Gasteiger partial charge in [0.15, 0.2) is 0 Å². The fraction of sp³-hybridized carbons (Fsp3) is 0.185. The molecule has 0 bridgehead atoms. The SMILES string of the molecule is COCc1cc(-c2nc(-c3ccc(C(=O)NCCC#N)c(F)c3)no2)ccc1-c1ccccc1C. The normalized spacial score (nSPS) is 10.7. The maximum absolute atomic E-state index is 14.6. The number of hydrogen-bond donors (Lipinski definition) is 1. The number of ether oxygens (including phenoxy) is 1. The second-order valence-corrected chi connectivity index (χ2v) is 7.90. The lowest BCUT2D eigenvalue weighted by Crippen LogP contribution is -2.25. The molecule has 0 aliphatic rings. The third-order valence-electron chi connectivity index (χ3n) is 5.51. The predicted molar refractivity (Wildman–Crippen MR) is 129 cm³/mol. The first-order valence-corrected chi connectivity index (χ1v) is 11.0. The Morgan fingerprint density at radius 2 is 1.91 bits per heavy atom. The van der Waals surface area contributed by atoms with E-state index in [-0.39, 0.29) is 30.2 Å². The summed E-state index contributed by atoms with van der Waals surface area (Å²) in [6.45, 7) is 2.62. The molecule has 8 heteroatoms. The molecule has 0 fully saturated rings. The molecule has 1 amide bonds. The smallest absolute Gasteiger partial charge is 0.258 e. The van der Waals surface area contributed by atoms with Crippen molar-refractivity contribution in [3.8, 4) is 40.0 Å². The molecule has 176 valence electrons. The van der Waals surface area contributed by atoms with E-state index in [1.54, 1.807) is 13.2 Å². The summed E-state index contributed by atoms with van der Waals surface area (Å²) in [6, 6.07) is 20.0. The van der Waals surface area contributed by atoms with Crippen molar-refractivity contribution in [1.29, 1.82) is 5.26 Å². The number of halogens is 1. The van der Waals surface area contributed by atoms with Crippen molar-refractivity contribution < 1.29 is 18.4 Å². The van der Waals surface area contributed by atoms with Crippen molar-refractivity contribution in [1.82, 2.24) is 15.5 Å². The molecule has 0 radical (unpaired) electrons. The van der Waals surface area contributed by atoms with Gasteiger partial charge in [0.05, 0.1) is 24.7 Å². The van der Waals surface area contributed by atoms with E-state index in [4.69, 9.17) is 14.5 Å². The lowest BCUT2D eigenvalue weighted by atomic mass is 9.94. The number of carbonyl (C=O) groups is 1. The van der Waals surface area contributed by atoms with Crippen LogP contribution in [-0.4, -0.2) is 29.7 Å². The Hall–Kier alpha value is -4.35. The molecule has 0 unspecified atom stereocenters. The quantitative estimate of drug-likeness (QED) is 0.350. The fourth-order valence-corrected chi connectivity index (χ4v) is 3.76. The number of amides is 1. The molecule has 1 heterocycles. The highest BCUT2D eigenvalue weighted by molar-refractivity contribution is 5.94. The molecule has 4 aromatic rings. The number of rotatable bonds is 8. The van der Waals surface area contributed by atoms with Crippen LogP contribution in [0, 0.1) is 24.1 Å². The van der Waals surface area contributed by atoms with Crippen LogP contribution < -0.4 is 5.32 Å². The van der Waals surface area contributed by atoms with E-state index in [1.165, 1.54) is 12.1 Å². The molecular weight excluding hydrogens is 447 g/mol. The van der Waals surface area contributed by atoms with E-state index in [0.29, 0.717) is 17.7 Å². The van der Waals surface area contributed by atoms with Gasteiger partial charge in [0.25, 0.3) is 11.8 Å². The Kier molecular flexibility index (Phi) is 7.29. The molecule has 1 N–H and O–H groups in total. The second kappa shape index (κ2) is 10.7. The lowest BCUT2D eigenvalue weighted by Gasteiger charge is -2.12. The van der Waals surface area contributed by atoms with Crippen molar-refractivity contribution in [2.75, 3.05) is 13.7 Å². The molecule has 0 aliphatic heterocycles. The van der Waals surface area contributed by atoms with Gasteiger partial charge in [-0.25, -0.2) is 4.39 Å². The number of nitrogens with zero attached hydrogens (tertiary/aromatic N) is 3. The van der Waals surface area contributed by atoms with Crippen LogP contribution in [0.5, 0.6) is 0 Å². The fourth-order valence-electron chi connectivity index (χ4n) is 3.76. The molecule has 35 heavy (non-hydrogen) atoms. The van der Waals surface area contributed by atoms with Gasteiger partial charge in [-0.3, -0.25) is 4.79 Å². The number of aryl methyl sites for hydroxylation is 1. The van der Waals surface area contributed by atoms with Gasteiger partial charge in [0, 0.05) is 24.8 Å². The Balaban J connectivity index is 1.60. The molecule has 0 spiro atoms. The molecule has 7 nitrogen and oxygen atoms in total. The van der Waals surface area contributed by atoms with Crippen molar-refractivity contribution >= 4 is 5.91 Å². The van der Waals surface area contributed by atoms with Gasteiger partial charge in [-0.15, -0.1) is 0 Å². The topological polar surface area (TPSA) is 101 Å². The number of aromatic nitrogens is 2. The van der Waals surface area contributed by atoms with Crippen LogP contribution in [-0.2, 0) is 11.3 Å². The standard InChI is InChI=1S/C27H23FN4O3/c1-17-6-3-4-7-21(17)22-10-9-19(14-20(22)16-34-2)27-31-25(32-35-27)18-8-11-23(24(28)15-18)26(33)30-13-5-12-29/h3-4,6-11,14-15H,5,13,16H2,1-2H3,(H,30,33). The Morgan fingerprint density at radius 1 is 1.11 bits per heavy atom. The monoisotopic (exact) mass is 470 g/mol. The zero-order valence-electron chi connectivity index (χ0n) is 19.3. The van der Waals surface area contributed by atoms with E-state index in [0.717, 1.165) is 22.3 Å². The van der Waals surface area contributed by atoms with Gasteiger partial charge >= 0.3 is 0 Å². The molecular formula is C27H23FN4O3. The van der Waals surface area contributed by atoms with Gasteiger partial charge < -0.3 is 14.6 Å². The third-order valence-corrected chi connectivity index (χ3v) is 5.51. The average molecular weight is 471 g/mol. The summed E-state index contributed by atoms with van der Waals surface area (Å²) in [6.07, 6.45) is 0.148. The average Bonchev–Trinajstić information content (AvgIpc) is 3.35. The summed E-state index contributed by atoms with van der Waals surface area (Å²) >= 11 is 0. The van der Waals surface area contributed by atoms with Gasteiger partial charge in [0.1, 0.15) is 5.82 Å². The molecule has 0 atom stereocenters. The van der Waals surface area contributed by atoms with Crippen molar-refractivity contribution in [3.05, 3.63) is 83.2 Å². The van der Waals surface area contributed by atoms with Crippen LogP contribution in [0.3, 0.4) is 0 Å². The van der Waals surface area contributed by atoms with E-state index < -0.39 is 11.7 Å². The first-order chi connectivity index (χ1) is 17.0. The minimum atomic E-state index is -0.715. The summed E-state index contributed by atoms with van der Waals surface area (Å²) in [7, 11) is 1.64. The highest BCUT2D eigenvalue weighted by Crippen LogP contribution is 2.31. The Labute approximate surface area is 202 Å². The first kappa shape index (κ1) is 23.8. The number of nitriles is 1. The van der Waals surface area contributed by atoms with Crippen molar-refractivity contribution in [2.45, 2.75) is 20.0 Å². The molecule has 0 saturated heterocycles. The summed E-state index contributed by atoms with van der Waals surface area (Å²) < 4.78 is 25.4. The number of carbonyl (C=O) groups excluding carboxylic acids is 1. The maximum Gasteiger partial charge on any atom is 0.258 e. The van der Waals surface area contributed by atoms with Crippen LogP contribution in [0.1, 0.15) is 27.9 Å². The van der Waals surface area contributed by atoms with Gasteiger partial charge in [-0.2, -0.15) is 10.2 Å². The summed E-state index contributed by atoms with van der Waals surface area (Å²) in [5, 5.41) is 15.1. The zero-order chi connectivity index (χ0) is 24.8. The van der Waals surface area contributed by atoms with Crippen LogP contribution in [0.25, 0.3) is 34.0 Å². The van der Waals surface area contributed by atoms with Crippen LogP contribution in [0.2, 0.25) is 0 Å². The largest absolute Gasteiger partial charge is 0.380 e. The summed E-state index contributed by atoms with van der Waals surface area (Å²) in [4.78, 5) is 16.5. The van der Waals surface area contributed by atoms with E-state index in [2.05, 4.69) is 34.5 Å². The lowest BCUT2D eigenvalue weighted by molar-refractivity contribution is 0.0950. The second-order valence-electron chi connectivity index (χ2n) is 7.90. The van der Waals surface area contributed by atoms with Crippen molar-refractivity contribution in [3.63, 3.8) is 0 Å². The summed E-state index contributed by atoms with van der Waals surface area (Å²) in [5.41, 5.74) is 5.26. The first-order valence-electron chi connectivity index (χ1n) is 11.0. The molecule has 0 aliphatic carbocycles. The molecule has 4 rings (SSSR count). The van der Waals surface area contributed by atoms with Gasteiger partial charge in [-0.1, -0.05) is 41.6 Å². The maximum atomic E-state index is 14.6. The summed E-state index contributed by atoms with van der Waals surface area (Å²) in [5.74, 6) is -0.815. The third kappa shape index (κ3) is 5.26. The molecule has 1 aromatic heterocycles. The molecule has 3 aromatic carbocycles. The van der Waals surface area contributed by atoms with Crippen LogP contribution in [0.4, 0.5) is 4.39 Å². The minimum Gasteiger partial charge on any atom is -0.380 e. The zero-order valence-corrected chi connectivity index (χ0v) is 19.3. The number of hydrogen-bond acceptors (Lipinski definition) is 6. The highest BCUT2D eigenvalue weighted by Gasteiger charge is 2.17. The Morgan fingerprint density at radius 3 is 2.66 bits per heavy atom. The predicted octanol–water partition coefficient (Wildman–Crippen LogP) is 5.31. The number of methoxy groups -OCH3 is 1. The van der Waals surface area contributed by atoms with Crippen LogP contribution in [0.15, 0.2) is 65.2 Å². The number of nitrogens with one attached hydrogen (secondary N) is 1. The minimum absolute atomic E-state index is 0.119. The van der Waals surface area contributed by atoms with E-state index in [1.807, 2.05) is 36.4 Å². The molecule has 0 saturated carbocycles. The van der Waals surface area contributed by atoms with Gasteiger partial charge in [-0.05, 0) is 53.4 Å². The Bertz CT molecular complexity index is 1410. The van der Waals surface area contributed by atoms with Crippen molar-refractivity contribution in [2.24, 2.45) is 0 Å². The van der Waals surface area contributed by atoms with Crippen LogP contribution >= 0.6 is 0 Å². The highest BCUT2D eigenvalue weighted by atomic mass is 19.1. The number of benzene rings is 3. The van der Waals surface area contributed by atoms with E-state index in [9.17, 15) is 9.18 Å².